The number of carbonyl (C=O) groups excluding carboxylic acids is 1. The molecule has 0 spiro atoms. The summed E-state index contributed by atoms with van der Waals surface area (Å²) in [7, 11) is -1.96. The van der Waals surface area contributed by atoms with Crippen LogP contribution >= 0.6 is 0 Å². The maximum Gasteiger partial charge on any atom is 0.322 e. The first-order chi connectivity index (χ1) is 12.9. The zero-order valence-corrected chi connectivity index (χ0v) is 16.1. The second kappa shape index (κ2) is 7.84. The summed E-state index contributed by atoms with van der Waals surface area (Å²) in [6.45, 7) is 1.10. The van der Waals surface area contributed by atoms with Gasteiger partial charge in [-0.2, -0.15) is 0 Å². The summed E-state index contributed by atoms with van der Waals surface area (Å²) in [5.74, 6) is 0.372. The van der Waals surface area contributed by atoms with E-state index in [4.69, 9.17) is 4.74 Å². The van der Waals surface area contributed by atoms with Crippen molar-refractivity contribution < 1.29 is 17.9 Å². The molecule has 0 saturated carbocycles. The summed E-state index contributed by atoms with van der Waals surface area (Å²) in [6, 6.07) is 14.1. The fraction of sp³-hybridized carbons (Fsp3) is 0.250. The first-order valence-electron chi connectivity index (χ1n) is 8.56. The summed E-state index contributed by atoms with van der Waals surface area (Å²) in [4.78, 5) is 14.5. The highest BCUT2D eigenvalue weighted by Crippen LogP contribution is 2.25. The van der Waals surface area contributed by atoms with Gasteiger partial charge < -0.3 is 15.0 Å². The van der Waals surface area contributed by atoms with Gasteiger partial charge in [0.1, 0.15) is 5.75 Å². The standard InChI is InChI=1S/C20H22N2O4S/c1-26-18-11-17(12-19(13-18)27(2,24)25)21-20(23)22-10-6-9-16(14-22)15-7-4-3-5-8-15/h3-5,7-9,11-13H,6,10,14H2,1-2H3,(H,21,23). The molecule has 1 aliphatic rings. The van der Waals surface area contributed by atoms with Gasteiger partial charge in [0, 0.05) is 31.1 Å². The highest BCUT2D eigenvalue weighted by atomic mass is 32.2. The average Bonchev–Trinajstić information content (AvgIpc) is 2.67. The van der Waals surface area contributed by atoms with Crippen molar-refractivity contribution in [1.82, 2.24) is 4.90 Å². The molecule has 7 heteroatoms. The number of ether oxygens (including phenoxy) is 1. The fourth-order valence-electron chi connectivity index (χ4n) is 2.96. The highest BCUT2D eigenvalue weighted by molar-refractivity contribution is 7.90. The first kappa shape index (κ1) is 19.0. The minimum absolute atomic E-state index is 0.0978. The molecule has 2 aromatic rings. The Bertz CT molecular complexity index is 969. The molecular weight excluding hydrogens is 364 g/mol. The van der Waals surface area contributed by atoms with Crippen molar-refractivity contribution in [2.24, 2.45) is 0 Å². The third-order valence-corrected chi connectivity index (χ3v) is 5.47. The lowest BCUT2D eigenvalue weighted by Gasteiger charge is -2.28. The van der Waals surface area contributed by atoms with Crippen LogP contribution in [0.15, 0.2) is 59.5 Å². The van der Waals surface area contributed by atoms with Gasteiger partial charge in [0.15, 0.2) is 9.84 Å². The number of amides is 2. The molecule has 0 unspecified atom stereocenters. The van der Waals surface area contributed by atoms with Gasteiger partial charge in [0.25, 0.3) is 0 Å². The molecular formula is C20H22N2O4S. The maximum atomic E-state index is 12.7. The summed E-state index contributed by atoms with van der Waals surface area (Å²) in [5, 5.41) is 2.79. The molecule has 142 valence electrons. The molecule has 0 radical (unpaired) electrons. The van der Waals surface area contributed by atoms with Gasteiger partial charge in [-0.15, -0.1) is 0 Å². The third kappa shape index (κ3) is 4.68. The minimum Gasteiger partial charge on any atom is -0.497 e. The van der Waals surface area contributed by atoms with E-state index in [1.165, 1.54) is 19.2 Å². The van der Waals surface area contributed by atoms with Crippen LogP contribution in [0.2, 0.25) is 0 Å². The lowest BCUT2D eigenvalue weighted by atomic mass is 10.0. The van der Waals surface area contributed by atoms with Gasteiger partial charge in [-0.05, 0) is 29.7 Å². The molecule has 0 atom stereocenters. The highest BCUT2D eigenvalue weighted by Gasteiger charge is 2.20. The Morgan fingerprint density at radius 1 is 1.15 bits per heavy atom. The second-order valence-corrected chi connectivity index (χ2v) is 8.42. The number of nitrogens with zero attached hydrogens (tertiary/aromatic N) is 1. The molecule has 1 heterocycles. The van der Waals surface area contributed by atoms with Crippen molar-refractivity contribution in [2.45, 2.75) is 11.3 Å². The zero-order valence-electron chi connectivity index (χ0n) is 15.3. The zero-order chi connectivity index (χ0) is 19.4. The monoisotopic (exact) mass is 386 g/mol. The number of carbonyl (C=O) groups is 1. The van der Waals surface area contributed by atoms with Crippen LogP contribution in [0.3, 0.4) is 0 Å². The van der Waals surface area contributed by atoms with Gasteiger partial charge in [-0.25, -0.2) is 13.2 Å². The van der Waals surface area contributed by atoms with E-state index in [2.05, 4.69) is 11.4 Å². The van der Waals surface area contributed by atoms with E-state index in [9.17, 15) is 13.2 Å². The van der Waals surface area contributed by atoms with Gasteiger partial charge in [-0.3, -0.25) is 0 Å². The van der Waals surface area contributed by atoms with Crippen LogP contribution in [0.5, 0.6) is 5.75 Å². The van der Waals surface area contributed by atoms with Gasteiger partial charge in [-0.1, -0.05) is 36.4 Å². The van der Waals surface area contributed by atoms with E-state index < -0.39 is 9.84 Å². The number of methoxy groups -OCH3 is 1. The molecule has 0 fully saturated rings. The van der Waals surface area contributed by atoms with Crippen molar-refractivity contribution in [1.29, 1.82) is 0 Å². The van der Waals surface area contributed by atoms with Crippen LogP contribution in [0.25, 0.3) is 5.57 Å². The van der Waals surface area contributed by atoms with Crippen molar-refractivity contribution in [3.05, 3.63) is 60.2 Å². The smallest absolute Gasteiger partial charge is 0.322 e. The minimum atomic E-state index is -3.42. The van der Waals surface area contributed by atoms with E-state index in [0.29, 0.717) is 24.5 Å². The molecule has 2 amide bonds. The van der Waals surface area contributed by atoms with E-state index in [1.807, 2.05) is 30.3 Å². The van der Waals surface area contributed by atoms with Gasteiger partial charge >= 0.3 is 6.03 Å². The summed E-state index contributed by atoms with van der Waals surface area (Å²) < 4.78 is 28.9. The van der Waals surface area contributed by atoms with Crippen molar-refractivity contribution in [3.63, 3.8) is 0 Å². The summed E-state index contributed by atoms with van der Waals surface area (Å²) in [5.41, 5.74) is 2.57. The van der Waals surface area contributed by atoms with Crippen LogP contribution < -0.4 is 10.1 Å². The lowest BCUT2D eigenvalue weighted by molar-refractivity contribution is 0.217. The largest absolute Gasteiger partial charge is 0.497 e. The normalized spacial score (nSPS) is 14.4. The number of hydrogen-bond donors (Lipinski definition) is 1. The molecule has 27 heavy (non-hydrogen) atoms. The number of urea groups is 1. The number of rotatable bonds is 4. The van der Waals surface area contributed by atoms with Crippen molar-refractivity contribution in [3.8, 4) is 5.75 Å². The molecule has 1 aliphatic heterocycles. The molecule has 0 bridgehead atoms. The van der Waals surface area contributed by atoms with E-state index in [-0.39, 0.29) is 10.9 Å². The van der Waals surface area contributed by atoms with Crippen LogP contribution in [-0.4, -0.2) is 45.8 Å². The summed E-state index contributed by atoms with van der Waals surface area (Å²) in [6.07, 6.45) is 4.03. The molecule has 0 aliphatic carbocycles. The quantitative estimate of drug-likeness (QED) is 0.874. The molecule has 3 rings (SSSR count). The fourth-order valence-corrected chi connectivity index (χ4v) is 3.63. The van der Waals surface area contributed by atoms with Gasteiger partial charge in [0.2, 0.25) is 0 Å². The second-order valence-electron chi connectivity index (χ2n) is 6.41. The molecule has 0 aromatic heterocycles. The number of sulfone groups is 1. The predicted octanol–water partition coefficient (Wildman–Crippen LogP) is 3.42. The Kier molecular flexibility index (Phi) is 5.51. The topological polar surface area (TPSA) is 75.7 Å². The lowest BCUT2D eigenvalue weighted by Crippen LogP contribution is -2.38. The number of anilines is 1. The van der Waals surface area contributed by atoms with E-state index in [0.717, 1.165) is 23.8 Å². The Labute approximate surface area is 159 Å². The Morgan fingerprint density at radius 3 is 2.56 bits per heavy atom. The average molecular weight is 386 g/mol. The van der Waals surface area contributed by atoms with Crippen LogP contribution in [0.1, 0.15) is 12.0 Å². The molecule has 1 N–H and O–H groups in total. The summed E-state index contributed by atoms with van der Waals surface area (Å²) >= 11 is 0. The molecule has 0 saturated heterocycles. The van der Waals surface area contributed by atoms with Crippen LogP contribution in [0.4, 0.5) is 10.5 Å². The van der Waals surface area contributed by atoms with Crippen LogP contribution in [-0.2, 0) is 9.84 Å². The number of benzene rings is 2. The van der Waals surface area contributed by atoms with Crippen LogP contribution in [0, 0.1) is 0 Å². The Balaban J connectivity index is 1.77. The Morgan fingerprint density at radius 2 is 1.89 bits per heavy atom. The van der Waals surface area contributed by atoms with E-state index in [1.54, 1.807) is 11.0 Å². The SMILES string of the molecule is COc1cc(NC(=O)N2CCC=C(c3ccccc3)C2)cc(S(C)(=O)=O)c1. The number of hydrogen-bond acceptors (Lipinski definition) is 4. The van der Waals surface area contributed by atoms with Crippen molar-refractivity contribution >= 4 is 27.1 Å². The third-order valence-electron chi connectivity index (χ3n) is 4.38. The van der Waals surface area contributed by atoms with Crippen molar-refractivity contribution in [2.75, 3.05) is 31.8 Å². The first-order valence-corrected chi connectivity index (χ1v) is 10.5. The van der Waals surface area contributed by atoms with Gasteiger partial charge in [0.05, 0.1) is 12.0 Å². The Hall–Kier alpha value is -2.80. The van der Waals surface area contributed by atoms with E-state index >= 15 is 0 Å². The number of nitrogens with one attached hydrogen (secondary N) is 1. The molecule has 2 aromatic carbocycles. The predicted molar refractivity (Wildman–Crippen MR) is 106 cm³/mol. The maximum absolute atomic E-state index is 12.7. The molecule has 6 nitrogen and oxygen atoms in total.